The minimum Gasteiger partial charge on any atom is -0.0616 e. The van der Waals surface area contributed by atoms with Crippen molar-refractivity contribution in [3.8, 4) is 44.5 Å². The minimum atomic E-state index is 1.23. The van der Waals surface area contributed by atoms with Crippen molar-refractivity contribution < 1.29 is 0 Å². The fourth-order valence-corrected chi connectivity index (χ4v) is 7.54. The molecule has 0 heterocycles. The van der Waals surface area contributed by atoms with Crippen molar-refractivity contribution >= 4 is 43.1 Å². The second kappa shape index (κ2) is 11.1. The van der Waals surface area contributed by atoms with Crippen LogP contribution in [0, 0.1) is 6.92 Å². The highest BCUT2D eigenvalue weighted by atomic mass is 14.2. The molecule has 0 aliphatic heterocycles. The Kier molecular flexibility index (Phi) is 6.47. The Morgan fingerprint density at radius 1 is 0.255 bits per heavy atom. The van der Waals surface area contributed by atoms with Crippen LogP contribution in [-0.4, -0.2) is 0 Å². The predicted molar refractivity (Wildman–Crippen MR) is 203 cm³/mol. The summed E-state index contributed by atoms with van der Waals surface area (Å²) in [6.07, 6.45) is 0. The summed E-state index contributed by atoms with van der Waals surface area (Å²) in [6, 6.07) is 64.6. The fraction of sp³-hybridized carbons (Fsp3) is 0.0213. The first-order chi connectivity index (χ1) is 23.2. The molecule has 0 saturated heterocycles. The van der Waals surface area contributed by atoms with E-state index in [4.69, 9.17) is 0 Å². The van der Waals surface area contributed by atoms with Gasteiger partial charge in [-0.05, 0) is 112 Å². The van der Waals surface area contributed by atoms with Crippen molar-refractivity contribution in [1.29, 1.82) is 0 Å². The lowest BCUT2D eigenvalue weighted by atomic mass is 9.85. The van der Waals surface area contributed by atoms with Crippen LogP contribution in [0.3, 0.4) is 0 Å². The van der Waals surface area contributed by atoms with Crippen molar-refractivity contribution in [2.75, 3.05) is 0 Å². The zero-order valence-corrected chi connectivity index (χ0v) is 26.2. The highest BCUT2D eigenvalue weighted by Crippen LogP contribution is 2.45. The normalized spacial score (nSPS) is 11.5. The van der Waals surface area contributed by atoms with Crippen LogP contribution in [0.2, 0.25) is 0 Å². The number of hydrogen-bond donors (Lipinski definition) is 0. The van der Waals surface area contributed by atoms with Gasteiger partial charge in [-0.3, -0.25) is 0 Å². The van der Waals surface area contributed by atoms with Crippen molar-refractivity contribution in [1.82, 2.24) is 0 Å². The third-order valence-corrected chi connectivity index (χ3v) is 9.77. The molecule has 47 heavy (non-hydrogen) atoms. The Labute approximate surface area is 275 Å². The zero-order chi connectivity index (χ0) is 31.3. The molecule has 0 aromatic heterocycles. The van der Waals surface area contributed by atoms with Crippen molar-refractivity contribution in [3.63, 3.8) is 0 Å². The molecule has 0 spiro atoms. The van der Waals surface area contributed by atoms with Crippen LogP contribution in [-0.2, 0) is 0 Å². The molecular weight excluding hydrogens is 565 g/mol. The van der Waals surface area contributed by atoms with Gasteiger partial charge >= 0.3 is 0 Å². The maximum atomic E-state index is 2.36. The number of benzene rings is 9. The van der Waals surface area contributed by atoms with E-state index in [1.54, 1.807) is 0 Å². The molecule has 0 bridgehead atoms. The average Bonchev–Trinajstić information content (AvgIpc) is 3.14. The molecule has 0 heteroatoms. The second-order valence-electron chi connectivity index (χ2n) is 12.5. The van der Waals surface area contributed by atoms with E-state index in [9.17, 15) is 0 Å². The van der Waals surface area contributed by atoms with Crippen LogP contribution < -0.4 is 0 Å². The summed E-state index contributed by atoms with van der Waals surface area (Å²) in [5.74, 6) is 0. The minimum absolute atomic E-state index is 1.23. The molecule has 0 atom stereocenters. The molecule has 0 unspecified atom stereocenters. The average molecular weight is 597 g/mol. The second-order valence-corrected chi connectivity index (χ2v) is 12.5. The largest absolute Gasteiger partial charge is 0.0616 e. The molecule has 220 valence electrons. The standard InChI is InChI=1S/C47H32/c1-31-21-22-33-12-4-5-16-40(33)45(31)34-24-26-35(27-25-34)46-41-17-6-8-19-43(41)47(44-20-9-7-18-42(44)46)39-15-10-14-37(30-39)38-28-23-32-11-2-3-13-36(32)29-38/h2-30H,1H3. The van der Waals surface area contributed by atoms with Gasteiger partial charge in [0, 0.05) is 0 Å². The highest BCUT2D eigenvalue weighted by molar-refractivity contribution is 6.21. The van der Waals surface area contributed by atoms with E-state index in [1.165, 1.54) is 93.2 Å². The summed E-state index contributed by atoms with van der Waals surface area (Å²) in [4.78, 5) is 0. The van der Waals surface area contributed by atoms with Gasteiger partial charge in [0.15, 0.2) is 0 Å². The summed E-state index contributed by atoms with van der Waals surface area (Å²) >= 11 is 0. The van der Waals surface area contributed by atoms with Gasteiger partial charge in [0.2, 0.25) is 0 Å². The first kappa shape index (κ1) is 27.3. The van der Waals surface area contributed by atoms with E-state index in [0.29, 0.717) is 0 Å². The Balaban J connectivity index is 1.22. The molecule has 0 aliphatic carbocycles. The lowest BCUT2D eigenvalue weighted by Gasteiger charge is -2.18. The molecule has 0 nitrogen and oxygen atoms in total. The third kappa shape index (κ3) is 4.61. The van der Waals surface area contributed by atoms with Crippen LogP contribution in [0.25, 0.3) is 87.6 Å². The molecule has 0 fully saturated rings. The van der Waals surface area contributed by atoms with Crippen LogP contribution in [0.1, 0.15) is 5.56 Å². The Hall–Kier alpha value is -5.98. The van der Waals surface area contributed by atoms with Gasteiger partial charge in [-0.2, -0.15) is 0 Å². The molecule has 9 aromatic rings. The first-order valence-electron chi connectivity index (χ1n) is 16.4. The molecule has 0 amide bonds. The van der Waals surface area contributed by atoms with Crippen LogP contribution >= 0.6 is 0 Å². The monoisotopic (exact) mass is 596 g/mol. The lowest BCUT2D eigenvalue weighted by Crippen LogP contribution is -1.92. The SMILES string of the molecule is Cc1ccc2ccccc2c1-c1ccc(-c2c3ccccc3c(-c3cccc(-c4ccc5ccccc5c4)c3)c3ccccc23)cc1. The van der Waals surface area contributed by atoms with Gasteiger partial charge in [0.05, 0.1) is 0 Å². The number of hydrogen-bond acceptors (Lipinski definition) is 0. The van der Waals surface area contributed by atoms with Crippen LogP contribution in [0.15, 0.2) is 176 Å². The quantitative estimate of drug-likeness (QED) is 0.177. The van der Waals surface area contributed by atoms with E-state index in [2.05, 4.69) is 183 Å². The number of rotatable bonds is 4. The first-order valence-corrected chi connectivity index (χ1v) is 16.4. The summed E-state index contributed by atoms with van der Waals surface area (Å²) in [6.45, 7) is 2.21. The summed E-state index contributed by atoms with van der Waals surface area (Å²) < 4.78 is 0. The van der Waals surface area contributed by atoms with Crippen molar-refractivity contribution in [2.24, 2.45) is 0 Å². The van der Waals surface area contributed by atoms with E-state index < -0.39 is 0 Å². The van der Waals surface area contributed by atoms with Gasteiger partial charge < -0.3 is 0 Å². The van der Waals surface area contributed by atoms with Gasteiger partial charge in [-0.25, -0.2) is 0 Å². The zero-order valence-electron chi connectivity index (χ0n) is 26.2. The molecule has 9 rings (SSSR count). The number of aryl methyl sites for hydroxylation is 1. The van der Waals surface area contributed by atoms with Crippen molar-refractivity contribution in [3.05, 3.63) is 181 Å². The summed E-state index contributed by atoms with van der Waals surface area (Å²) in [5, 5.41) is 10.2. The van der Waals surface area contributed by atoms with Crippen molar-refractivity contribution in [2.45, 2.75) is 6.92 Å². The van der Waals surface area contributed by atoms with Gasteiger partial charge in [0.25, 0.3) is 0 Å². The third-order valence-electron chi connectivity index (χ3n) is 9.77. The van der Waals surface area contributed by atoms with E-state index in [0.717, 1.165) is 0 Å². The van der Waals surface area contributed by atoms with Gasteiger partial charge in [-0.1, -0.05) is 164 Å². The van der Waals surface area contributed by atoms with Crippen LogP contribution in [0.5, 0.6) is 0 Å². The smallest absolute Gasteiger partial charge is 0.00262 e. The molecule has 0 N–H and O–H groups in total. The highest BCUT2D eigenvalue weighted by Gasteiger charge is 2.17. The summed E-state index contributed by atoms with van der Waals surface area (Å²) in [7, 11) is 0. The Morgan fingerprint density at radius 2 is 0.702 bits per heavy atom. The Morgan fingerprint density at radius 3 is 1.36 bits per heavy atom. The van der Waals surface area contributed by atoms with Gasteiger partial charge in [-0.15, -0.1) is 0 Å². The maximum Gasteiger partial charge on any atom is -0.00262 e. The Bertz CT molecular complexity index is 2560. The van der Waals surface area contributed by atoms with E-state index in [1.807, 2.05) is 0 Å². The van der Waals surface area contributed by atoms with E-state index >= 15 is 0 Å². The molecule has 0 aliphatic rings. The molecule has 0 saturated carbocycles. The molecular formula is C47H32. The predicted octanol–water partition coefficient (Wildman–Crippen LogP) is 13.3. The molecule has 0 radical (unpaired) electrons. The van der Waals surface area contributed by atoms with Crippen LogP contribution in [0.4, 0.5) is 0 Å². The topological polar surface area (TPSA) is 0 Å². The maximum absolute atomic E-state index is 2.36. The lowest BCUT2D eigenvalue weighted by molar-refractivity contribution is 1.49. The molecule has 9 aromatic carbocycles. The van der Waals surface area contributed by atoms with E-state index in [-0.39, 0.29) is 0 Å². The number of fused-ring (bicyclic) bond motifs is 4. The summed E-state index contributed by atoms with van der Waals surface area (Å²) in [5.41, 5.74) is 11.3. The van der Waals surface area contributed by atoms with Gasteiger partial charge in [0.1, 0.15) is 0 Å². The fourth-order valence-electron chi connectivity index (χ4n) is 7.54.